The Morgan fingerprint density at radius 1 is 1.25 bits per heavy atom. The number of ether oxygens (including phenoxy) is 1. The third-order valence-electron chi connectivity index (χ3n) is 2.85. The number of alkyl halides is 3. The lowest BCUT2D eigenvalue weighted by molar-refractivity contribution is -0.274. The highest BCUT2D eigenvalue weighted by molar-refractivity contribution is 5.39. The van der Waals surface area contributed by atoms with Crippen LogP contribution in [0.25, 0.3) is 5.69 Å². The van der Waals surface area contributed by atoms with Gasteiger partial charge in [0, 0.05) is 17.3 Å². The summed E-state index contributed by atoms with van der Waals surface area (Å²) in [7, 11) is 0. The summed E-state index contributed by atoms with van der Waals surface area (Å²) in [6, 6.07) is 5.35. The quantitative estimate of drug-likeness (QED) is 0.942. The molecule has 0 amide bonds. The molecule has 0 saturated carbocycles. The molecule has 0 fully saturated rings. The molecular formula is C13H14F3N3O. The minimum Gasteiger partial charge on any atom is -0.406 e. The lowest BCUT2D eigenvalue weighted by Crippen LogP contribution is -2.17. The van der Waals surface area contributed by atoms with E-state index >= 15 is 0 Å². The van der Waals surface area contributed by atoms with Crippen LogP contribution in [0.1, 0.15) is 24.2 Å². The van der Waals surface area contributed by atoms with Gasteiger partial charge in [-0.25, -0.2) is 4.68 Å². The molecule has 0 aliphatic carbocycles. The maximum absolute atomic E-state index is 12.1. The van der Waals surface area contributed by atoms with E-state index in [9.17, 15) is 13.2 Å². The number of rotatable bonds is 3. The molecule has 0 bridgehead atoms. The Labute approximate surface area is 114 Å². The van der Waals surface area contributed by atoms with Crippen LogP contribution < -0.4 is 10.5 Å². The molecule has 2 aromatic rings. The van der Waals surface area contributed by atoms with Gasteiger partial charge in [0.1, 0.15) is 5.75 Å². The fourth-order valence-corrected chi connectivity index (χ4v) is 1.92. The topological polar surface area (TPSA) is 53.1 Å². The van der Waals surface area contributed by atoms with Crippen molar-refractivity contribution in [3.8, 4) is 11.4 Å². The van der Waals surface area contributed by atoms with Gasteiger partial charge in [-0.15, -0.1) is 13.2 Å². The Balaban J connectivity index is 2.26. The highest BCUT2D eigenvalue weighted by Gasteiger charge is 2.31. The van der Waals surface area contributed by atoms with E-state index < -0.39 is 6.36 Å². The molecule has 1 heterocycles. The van der Waals surface area contributed by atoms with Gasteiger partial charge in [0.2, 0.25) is 0 Å². The Kier molecular flexibility index (Phi) is 3.71. The zero-order chi connectivity index (χ0) is 14.9. The maximum Gasteiger partial charge on any atom is 0.573 e. The molecule has 2 rings (SSSR count). The largest absolute Gasteiger partial charge is 0.573 e. The van der Waals surface area contributed by atoms with E-state index in [1.54, 1.807) is 10.9 Å². The predicted molar refractivity (Wildman–Crippen MR) is 67.6 cm³/mol. The number of halogens is 3. The number of nitrogens with two attached hydrogens (primary N) is 1. The van der Waals surface area contributed by atoms with Crippen molar-refractivity contribution in [2.45, 2.75) is 26.3 Å². The third kappa shape index (κ3) is 3.11. The summed E-state index contributed by atoms with van der Waals surface area (Å²) in [5, 5.41) is 4.19. The van der Waals surface area contributed by atoms with Crippen LogP contribution in [0.2, 0.25) is 0 Å². The molecule has 0 aliphatic heterocycles. The minimum absolute atomic E-state index is 0.156. The van der Waals surface area contributed by atoms with E-state index in [2.05, 4.69) is 9.84 Å². The van der Waals surface area contributed by atoms with Gasteiger partial charge < -0.3 is 10.5 Å². The van der Waals surface area contributed by atoms with Crippen LogP contribution in [0, 0.1) is 6.92 Å². The second-order valence-corrected chi connectivity index (χ2v) is 4.43. The fraction of sp³-hybridized carbons (Fsp3) is 0.308. The average molecular weight is 285 g/mol. The third-order valence-corrected chi connectivity index (χ3v) is 2.85. The van der Waals surface area contributed by atoms with E-state index in [1.807, 2.05) is 13.8 Å². The van der Waals surface area contributed by atoms with Crippen molar-refractivity contribution in [3.63, 3.8) is 0 Å². The number of hydrogen-bond acceptors (Lipinski definition) is 3. The van der Waals surface area contributed by atoms with Gasteiger partial charge in [-0.3, -0.25) is 0 Å². The average Bonchev–Trinajstić information content (AvgIpc) is 2.70. The van der Waals surface area contributed by atoms with Gasteiger partial charge in [0.15, 0.2) is 0 Å². The lowest BCUT2D eigenvalue weighted by Gasteiger charge is -2.10. The van der Waals surface area contributed by atoms with Crippen molar-refractivity contribution in [2.24, 2.45) is 5.73 Å². The number of aromatic nitrogens is 2. The number of benzene rings is 1. The molecule has 0 radical (unpaired) electrons. The molecule has 0 saturated heterocycles. The first kappa shape index (κ1) is 14.4. The highest BCUT2D eigenvalue weighted by Crippen LogP contribution is 2.24. The van der Waals surface area contributed by atoms with Gasteiger partial charge in [-0.2, -0.15) is 5.10 Å². The summed E-state index contributed by atoms with van der Waals surface area (Å²) in [6.07, 6.45) is -3.04. The summed E-state index contributed by atoms with van der Waals surface area (Å²) < 4.78 is 41.6. The van der Waals surface area contributed by atoms with Crippen LogP contribution in [-0.2, 0) is 0 Å². The molecule has 4 nitrogen and oxygen atoms in total. The standard InChI is InChI=1S/C13H14F3N3O/c1-8(17)12-7-18-19(9(12)2)10-3-5-11(6-4-10)20-13(14,15)16/h3-8H,17H2,1-2H3. The SMILES string of the molecule is Cc1c(C(C)N)cnn1-c1ccc(OC(F)(F)F)cc1. The van der Waals surface area contributed by atoms with E-state index in [-0.39, 0.29) is 11.8 Å². The van der Waals surface area contributed by atoms with Crippen LogP contribution >= 0.6 is 0 Å². The van der Waals surface area contributed by atoms with E-state index in [4.69, 9.17) is 5.73 Å². The van der Waals surface area contributed by atoms with Gasteiger partial charge in [0.25, 0.3) is 0 Å². The predicted octanol–water partition coefficient (Wildman–Crippen LogP) is 3.10. The summed E-state index contributed by atoms with van der Waals surface area (Å²) in [5.41, 5.74) is 8.18. The molecule has 1 aromatic carbocycles. The Bertz CT molecular complexity index is 588. The van der Waals surface area contributed by atoms with Crippen LogP contribution in [0.4, 0.5) is 13.2 Å². The van der Waals surface area contributed by atoms with Gasteiger partial charge in [-0.05, 0) is 38.1 Å². The summed E-state index contributed by atoms with van der Waals surface area (Å²) in [6.45, 7) is 3.69. The molecule has 7 heteroatoms. The van der Waals surface area contributed by atoms with Crippen molar-refractivity contribution < 1.29 is 17.9 Å². The fourth-order valence-electron chi connectivity index (χ4n) is 1.92. The summed E-state index contributed by atoms with van der Waals surface area (Å²) >= 11 is 0. The second-order valence-electron chi connectivity index (χ2n) is 4.43. The Morgan fingerprint density at radius 2 is 1.85 bits per heavy atom. The van der Waals surface area contributed by atoms with E-state index in [0.29, 0.717) is 5.69 Å². The summed E-state index contributed by atoms with van der Waals surface area (Å²) in [5.74, 6) is -0.265. The first-order valence-corrected chi connectivity index (χ1v) is 5.94. The molecule has 1 unspecified atom stereocenters. The maximum atomic E-state index is 12.1. The lowest BCUT2D eigenvalue weighted by atomic mass is 10.1. The van der Waals surface area contributed by atoms with Gasteiger partial charge in [0.05, 0.1) is 11.9 Å². The van der Waals surface area contributed by atoms with Crippen molar-refractivity contribution in [1.82, 2.24) is 9.78 Å². The second kappa shape index (κ2) is 5.16. The molecular weight excluding hydrogens is 271 g/mol. The number of hydrogen-bond donors (Lipinski definition) is 1. The highest BCUT2D eigenvalue weighted by atomic mass is 19.4. The van der Waals surface area contributed by atoms with Crippen molar-refractivity contribution >= 4 is 0 Å². The minimum atomic E-state index is -4.69. The number of nitrogens with zero attached hydrogens (tertiary/aromatic N) is 2. The van der Waals surface area contributed by atoms with Crippen LogP contribution in [0.3, 0.4) is 0 Å². The molecule has 1 atom stereocenters. The zero-order valence-corrected chi connectivity index (χ0v) is 11.0. The summed E-state index contributed by atoms with van der Waals surface area (Å²) in [4.78, 5) is 0. The van der Waals surface area contributed by atoms with Crippen molar-refractivity contribution in [3.05, 3.63) is 41.7 Å². The molecule has 1 aromatic heterocycles. The van der Waals surface area contributed by atoms with Gasteiger partial charge in [-0.1, -0.05) is 0 Å². The van der Waals surface area contributed by atoms with Crippen molar-refractivity contribution in [1.29, 1.82) is 0 Å². The Hall–Kier alpha value is -2.02. The van der Waals surface area contributed by atoms with E-state index in [0.717, 1.165) is 11.3 Å². The molecule has 0 aliphatic rings. The molecule has 108 valence electrons. The van der Waals surface area contributed by atoms with Gasteiger partial charge >= 0.3 is 6.36 Å². The van der Waals surface area contributed by atoms with Crippen molar-refractivity contribution in [2.75, 3.05) is 0 Å². The molecule has 20 heavy (non-hydrogen) atoms. The molecule has 2 N–H and O–H groups in total. The first-order valence-electron chi connectivity index (χ1n) is 5.94. The Morgan fingerprint density at radius 3 is 2.30 bits per heavy atom. The monoisotopic (exact) mass is 285 g/mol. The van der Waals surface area contributed by atoms with Crippen LogP contribution in [0.15, 0.2) is 30.5 Å². The van der Waals surface area contributed by atoms with Crippen LogP contribution in [0.5, 0.6) is 5.75 Å². The zero-order valence-electron chi connectivity index (χ0n) is 11.0. The first-order chi connectivity index (χ1) is 9.28. The molecule has 0 spiro atoms. The van der Waals surface area contributed by atoms with Crippen LogP contribution in [-0.4, -0.2) is 16.1 Å². The van der Waals surface area contributed by atoms with E-state index in [1.165, 1.54) is 24.3 Å². The normalized spacial score (nSPS) is 13.3. The smallest absolute Gasteiger partial charge is 0.406 e.